The number of anilines is 7. The Bertz CT molecular complexity index is 5110. The van der Waals surface area contributed by atoms with Crippen molar-refractivity contribution in [2.75, 3.05) is 43.8 Å². The summed E-state index contributed by atoms with van der Waals surface area (Å²) in [5.41, 5.74) is -9.02. The molecule has 0 aromatic carbocycles. The quantitative estimate of drug-likeness (QED) is 0.0265. The highest BCUT2D eigenvalue weighted by atomic mass is 19.4. The highest BCUT2D eigenvalue weighted by Gasteiger charge is 2.64. The number of hydrogen-bond donors (Lipinski definition) is 11. The van der Waals surface area contributed by atoms with Crippen LogP contribution in [0.1, 0.15) is 202 Å². The lowest BCUT2D eigenvalue weighted by Crippen LogP contribution is -2.70. The van der Waals surface area contributed by atoms with E-state index in [1.165, 1.54) is 31.1 Å². The van der Waals surface area contributed by atoms with E-state index in [0.29, 0.717) is 53.7 Å². The number of nitrogens with one attached hydrogen (secondary N) is 9. The first-order chi connectivity index (χ1) is 59.6. The van der Waals surface area contributed by atoms with Crippen molar-refractivity contribution >= 4 is 41.2 Å². The number of H-pyrrole nitrogens is 2. The molecule has 7 saturated carbocycles. The zero-order valence-corrected chi connectivity index (χ0v) is 70.8. The van der Waals surface area contributed by atoms with Gasteiger partial charge in [0.1, 0.15) is 40.2 Å². The molecule has 0 saturated heterocycles. The zero-order valence-electron chi connectivity index (χ0n) is 70.8. The lowest BCUT2D eigenvalue weighted by molar-refractivity contribution is -0.379. The van der Waals surface area contributed by atoms with Gasteiger partial charge >= 0.3 is 43.2 Å². The summed E-state index contributed by atoms with van der Waals surface area (Å²) in [6.07, 6.45) is -17.7. The third kappa shape index (κ3) is 24.0. The van der Waals surface area contributed by atoms with Gasteiger partial charge in [0.05, 0.1) is 71.1 Å². The van der Waals surface area contributed by atoms with E-state index in [1.54, 1.807) is 75.3 Å². The molecular weight excluding hydrogens is 1780 g/mol. The van der Waals surface area contributed by atoms with Crippen LogP contribution in [0.5, 0.6) is 5.88 Å². The summed E-state index contributed by atoms with van der Waals surface area (Å²) in [6.45, 7) is 15.7. The molecular formula is C85H103F21N20O5+2. The molecule has 4 bridgehead atoms. The Morgan fingerprint density at radius 3 is 1.25 bits per heavy atom. The van der Waals surface area contributed by atoms with E-state index < -0.39 is 176 Å². The van der Waals surface area contributed by atoms with Gasteiger partial charge in [-0.2, -0.15) is 112 Å². The summed E-state index contributed by atoms with van der Waals surface area (Å²) in [4.78, 5) is 44.1. The molecule has 0 spiro atoms. The van der Waals surface area contributed by atoms with Crippen molar-refractivity contribution in [1.82, 2.24) is 49.8 Å². The van der Waals surface area contributed by atoms with Gasteiger partial charge in [-0.25, -0.2) is 39.9 Å². The Morgan fingerprint density at radius 2 is 0.855 bits per heavy atom. The van der Waals surface area contributed by atoms with Crippen molar-refractivity contribution in [2.45, 2.75) is 253 Å². The van der Waals surface area contributed by atoms with Crippen LogP contribution in [-0.4, -0.2) is 125 Å². The van der Waals surface area contributed by atoms with Crippen molar-refractivity contribution in [1.29, 1.82) is 5.26 Å². The third-order valence-electron chi connectivity index (χ3n) is 24.8. The Balaban J connectivity index is 0.000000196. The molecule has 15 rings (SSSR count). The number of ether oxygens (including phenoxy) is 1. The van der Waals surface area contributed by atoms with Crippen LogP contribution < -0.4 is 51.9 Å². The molecule has 0 aliphatic heterocycles. The second-order valence-corrected chi connectivity index (χ2v) is 36.2. The Kier molecular flexibility index (Phi) is 30.5. The fraction of sp³-hybridized carbons (Fsp3) is 0.565. The first-order valence-corrected chi connectivity index (χ1v) is 40.4. The number of nitriles is 1. The Morgan fingerprint density at radius 1 is 0.458 bits per heavy atom. The third-order valence-corrected chi connectivity index (χ3v) is 24.8. The van der Waals surface area contributed by atoms with Crippen LogP contribution in [-0.2, 0) is 69.7 Å². The average Bonchev–Trinajstić information content (AvgIpc) is 0.715. The first-order valence-electron chi connectivity index (χ1n) is 40.4. The van der Waals surface area contributed by atoms with Gasteiger partial charge in [-0.3, -0.25) is 4.98 Å². The standard InChI is InChI=1S/C23H24F3N5O.C20H23F6N5O2.2C20H23F6N5O.2CH4/c24-23(25,26)18-1-2-28-10-17(18)12-30-20-29-11-16(9-27)19(31-20)8-21-4-14-3-15(5-21)7-22(32,6-14)13-21;1-18(2)13(8-14(18)32)30-15-12(20(24,25)26)10-29-17(31-15)28-9-11-4-3-6-27-16(11)33-7-5-19(21,22)23;2*1-17(2)14(18(3,4)15(17)32)30-13-12(20(24,25)26)9-29-16(31-13)28-8-10-7-27-6-5-11(10)19(21,22)23;;/h1-2,10-11,14-15,32H,3-8,12-13H2,(H,29,30,31);3-4,6,10,13-14,32H,5,7-9H2,1-2H3,(H2,28,29,30,31);2*5-7,9,14-15,32H,8H2,1-4H3,(H2,28,29,30,31);2*1H4/p+2/t;13-,14-;;;;/m.1..../s1. The molecule has 4 atom stereocenters. The van der Waals surface area contributed by atoms with E-state index in [4.69, 9.17) is 4.74 Å². The van der Waals surface area contributed by atoms with Crippen LogP contribution in [0, 0.1) is 55.7 Å². The predicted octanol–water partition coefficient (Wildman–Crippen LogP) is 18.2. The number of aromatic amines is 2. The van der Waals surface area contributed by atoms with Gasteiger partial charge in [-0.1, -0.05) is 90.2 Å². The summed E-state index contributed by atoms with van der Waals surface area (Å²) in [5.74, 6) is -0.959. The van der Waals surface area contributed by atoms with Crippen molar-refractivity contribution in [3.8, 4) is 11.9 Å². The first kappa shape index (κ1) is 104. The molecule has 0 radical (unpaired) electrons. The van der Waals surface area contributed by atoms with E-state index in [9.17, 15) is 118 Å². The molecule has 13 N–H and O–H groups in total. The lowest BCUT2D eigenvalue weighted by atomic mass is 9.47. The molecule has 7 aliphatic rings. The summed E-state index contributed by atoms with van der Waals surface area (Å²) in [5, 5.41) is 70.2. The number of halogens is 21. The monoisotopic (exact) mass is 1880 g/mol. The second-order valence-electron chi connectivity index (χ2n) is 36.2. The number of pyridine rings is 4. The molecule has 0 amide bonds. The molecule has 25 nitrogen and oxygen atoms in total. The molecule has 718 valence electrons. The summed E-state index contributed by atoms with van der Waals surface area (Å²) in [6, 6.07) is 6.38. The van der Waals surface area contributed by atoms with Gasteiger partial charge in [0.25, 0.3) is 0 Å². The molecule has 8 aromatic rings. The molecule has 2 unspecified atom stereocenters. The Hall–Kier alpha value is -10.8. The van der Waals surface area contributed by atoms with Gasteiger partial charge in [-0.05, 0) is 80.8 Å². The molecule has 7 fully saturated rings. The zero-order chi connectivity index (χ0) is 95.2. The predicted molar refractivity (Wildman–Crippen MR) is 436 cm³/mol. The SMILES string of the molecule is C.C.CC1(C)C(O)C(C)(C)C1Nc1nc(NCc2c[nH+]ccc2C(F)(F)F)ncc1C(F)(F)F.CC1(C)C(O)C(C)(C)C1Nc1nc(NCc2c[nH+]ccc2C(F)(F)F)ncc1C(F)(F)F.CC1(C)[C@H](O)C[C@H]1Nc1nc(NCc2cccnc2OCCC(F)(F)F)ncc1C(F)(F)F.N#Cc1cnc(NCc2cnccc2C(F)(F)F)nc1CC12CC3CC(CC(O)(C3)C1)C2. The fourth-order valence-corrected chi connectivity index (χ4v) is 18.9. The van der Waals surface area contributed by atoms with Gasteiger partial charge in [-0.15, -0.1) is 0 Å². The van der Waals surface area contributed by atoms with E-state index >= 15 is 0 Å². The van der Waals surface area contributed by atoms with Crippen molar-refractivity contribution < 1.29 is 127 Å². The van der Waals surface area contributed by atoms with Crippen molar-refractivity contribution in [2.24, 2.45) is 44.3 Å². The van der Waals surface area contributed by atoms with Gasteiger partial charge in [0, 0.05) is 143 Å². The molecule has 7 aliphatic carbocycles. The maximum atomic E-state index is 13.5. The number of nitrogens with zero attached hydrogens (tertiary/aromatic N) is 11. The topological polar surface area (TPSA) is 355 Å². The van der Waals surface area contributed by atoms with Gasteiger partial charge in [0.2, 0.25) is 29.7 Å². The van der Waals surface area contributed by atoms with E-state index in [2.05, 4.69) is 103 Å². The van der Waals surface area contributed by atoms with Crippen LogP contribution in [0.25, 0.3) is 0 Å². The summed E-state index contributed by atoms with van der Waals surface area (Å²) < 4.78 is 282. The number of rotatable bonds is 23. The van der Waals surface area contributed by atoms with E-state index in [0.717, 1.165) is 81.3 Å². The highest BCUT2D eigenvalue weighted by molar-refractivity contribution is 5.54. The van der Waals surface area contributed by atoms with E-state index in [-0.39, 0.29) is 99.2 Å². The summed E-state index contributed by atoms with van der Waals surface area (Å²) in [7, 11) is 0. The van der Waals surface area contributed by atoms with Crippen LogP contribution in [0.15, 0.2) is 98.5 Å². The molecule has 8 aromatic heterocycles. The van der Waals surface area contributed by atoms with Crippen LogP contribution >= 0.6 is 0 Å². The minimum absolute atomic E-state index is 0. The maximum Gasteiger partial charge on any atom is 0.421 e. The van der Waals surface area contributed by atoms with Gasteiger partial charge in [0.15, 0.2) is 24.8 Å². The van der Waals surface area contributed by atoms with Crippen molar-refractivity contribution in [3.63, 3.8) is 0 Å². The normalized spacial score (nSPS) is 23.5. The van der Waals surface area contributed by atoms with Crippen LogP contribution in [0.4, 0.5) is 133 Å². The number of aliphatic hydroxyl groups excluding tert-OH is 3. The number of aliphatic hydroxyl groups is 4. The fourth-order valence-electron chi connectivity index (χ4n) is 18.9. The number of aromatic nitrogens is 12. The summed E-state index contributed by atoms with van der Waals surface area (Å²) >= 11 is 0. The number of alkyl halides is 21. The lowest BCUT2D eigenvalue weighted by Gasteiger charge is -2.62. The Labute approximate surface area is 739 Å². The van der Waals surface area contributed by atoms with Crippen molar-refractivity contribution in [3.05, 3.63) is 165 Å². The van der Waals surface area contributed by atoms with Crippen LogP contribution in [0.3, 0.4) is 0 Å². The van der Waals surface area contributed by atoms with Gasteiger partial charge < -0.3 is 62.4 Å². The minimum Gasteiger partial charge on any atom is -0.477 e. The molecule has 8 heterocycles. The van der Waals surface area contributed by atoms with Crippen LogP contribution in [0.2, 0.25) is 0 Å². The largest absolute Gasteiger partial charge is 0.477 e. The second kappa shape index (κ2) is 38.4. The molecule has 46 heteroatoms. The minimum atomic E-state index is -4.75. The average molecular weight is 1880 g/mol. The van der Waals surface area contributed by atoms with E-state index in [1.807, 2.05) is 0 Å². The number of hydrogen-bond acceptors (Lipinski definition) is 23. The molecule has 131 heavy (non-hydrogen) atoms. The smallest absolute Gasteiger partial charge is 0.421 e. The highest BCUT2D eigenvalue weighted by Crippen LogP contribution is 2.63. The maximum absolute atomic E-state index is 13.5.